The quantitative estimate of drug-likeness (QED) is 0.858. The van der Waals surface area contributed by atoms with Crippen molar-refractivity contribution < 1.29 is 13.2 Å². The molecular weight excluding hydrogens is 267 g/mol. The van der Waals surface area contributed by atoms with E-state index in [2.05, 4.69) is 24.1 Å². The van der Waals surface area contributed by atoms with E-state index in [4.69, 9.17) is 0 Å². The van der Waals surface area contributed by atoms with Crippen LogP contribution in [0.5, 0.6) is 0 Å². The van der Waals surface area contributed by atoms with Crippen LogP contribution in [0, 0.1) is 5.92 Å². The predicted octanol–water partition coefficient (Wildman–Crippen LogP) is 1.94. The van der Waals surface area contributed by atoms with Crippen LogP contribution in [-0.2, 0) is 0 Å². The Kier molecular flexibility index (Phi) is 5.31. The number of halogens is 3. The average Bonchev–Trinajstić information content (AvgIpc) is 2.38. The molecule has 118 valence electrons. The monoisotopic (exact) mass is 293 g/mol. The van der Waals surface area contributed by atoms with Gasteiger partial charge in [-0.05, 0) is 45.7 Å². The van der Waals surface area contributed by atoms with Gasteiger partial charge < -0.3 is 10.2 Å². The lowest BCUT2D eigenvalue weighted by molar-refractivity contribution is -0.189. The largest absolute Gasteiger partial charge is 0.405 e. The fourth-order valence-corrected chi connectivity index (χ4v) is 3.27. The summed E-state index contributed by atoms with van der Waals surface area (Å²) in [6.07, 6.45) is -2.08. The molecule has 2 rings (SSSR count). The Morgan fingerprint density at radius 1 is 1.15 bits per heavy atom. The normalized spacial score (nSPS) is 28.2. The molecule has 0 bridgehead atoms. The molecule has 1 unspecified atom stereocenters. The van der Waals surface area contributed by atoms with Crippen molar-refractivity contribution in [2.45, 2.75) is 44.9 Å². The van der Waals surface area contributed by atoms with E-state index in [9.17, 15) is 13.2 Å². The summed E-state index contributed by atoms with van der Waals surface area (Å²) in [6.45, 7) is 8.20. The molecule has 0 aromatic carbocycles. The highest BCUT2D eigenvalue weighted by Gasteiger charge is 2.45. The standard InChI is InChI=1S/C14H26F3N3/c1-11(2)19-6-3-12(4-7-19)10-20-8-5-18-9-13(20)14(15,16)17/h11-13,18H,3-10H2,1-2H3. The first kappa shape index (κ1) is 16.0. The van der Waals surface area contributed by atoms with E-state index >= 15 is 0 Å². The van der Waals surface area contributed by atoms with Gasteiger partial charge in [-0.25, -0.2) is 0 Å². The Morgan fingerprint density at radius 3 is 2.35 bits per heavy atom. The zero-order valence-electron chi connectivity index (χ0n) is 12.4. The molecule has 6 heteroatoms. The molecule has 2 saturated heterocycles. The Balaban J connectivity index is 1.86. The molecule has 1 N–H and O–H groups in total. The molecule has 2 aliphatic heterocycles. The SMILES string of the molecule is CC(C)N1CCC(CN2CCNCC2C(F)(F)F)CC1. The summed E-state index contributed by atoms with van der Waals surface area (Å²) in [7, 11) is 0. The Hall–Kier alpha value is -0.330. The maximum absolute atomic E-state index is 13.0. The van der Waals surface area contributed by atoms with Crippen molar-refractivity contribution in [3.63, 3.8) is 0 Å². The molecule has 20 heavy (non-hydrogen) atoms. The number of nitrogens with zero attached hydrogens (tertiary/aromatic N) is 2. The first-order chi connectivity index (χ1) is 9.38. The van der Waals surface area contributed by atoms with Crippen LogP contribution in [0.2, 0.25) is 0 Å². The highest BCUT2D eigenvalue weighted by atomic mass is 19.4. The van der Waals surface area contributed by atoms with Gasteiger partial charge in [-0.1, -0.05) is 0 Å². The van der Waals surface area contributed by atoms with Crippen molar-refractivity contribution >= 4 is 0 Å². The van der Waals surface area contributed by atoms with Crippen LogP contribution >= 0.6 is 0 Å². The van der Waals surface area contributed by atoms with Crippen molar-refractivity contribution in [1.82, 2.24) is 15.1 Å². The van der Waals surface area contributed by atoms with Gasteiger partial charge in [-0.2, -0.15) is 13.2 Å². The Labute approximate surface area is 119 Å². The van der Waals surface area contributed by atoms with Gasteiger partial charge >= 0.3 is 6.18 Å². The van der Waals surface area contributed by atoms with Crippen LogP contribution in [-0.4, -0.2) is 67.3 Å². The molecule has 2 aliphatic rings. The summed E-state index contributed by atoms with van der Waals surface area (Å²) < 4.78 is 39.1. The van der Waals surface area contributed by atoms with Crippen molar-refractivity contribution in [2.24, 2.45) is 5.92 Å². The summed E-state index contributed by atoms with van der Waals surface area (Å²) in [6, 6.07) is -0.766. The molecule has 3 nitrogen and oxygen atoms in total. The van der Waals surface area contributed by atoms with Gasteiger partial charge in [0.25, 0.3) is 0 Å². The van der Waals surface area contributed by atoms with Crippen molar-refractivity contribution in [3.8, 4) is 0 Å². The van der Waals surface area contributed by atoms with Crippen LogP contribution in [0.4, 0.5) is 13.2 Å². The summed E-state index contributed by atoms with van der Waals surface area (Å²) in [5.74, 6) is 0.410. The highest BCUT2D eigenvalue weighted by molar-refractivity contribution is 4.87. The van der Waals surface area contributed by atoms with Crippen LogP contribution in [0.1, 0.15) is 26.7 Å². The zero-order valence-corrected chi connectivity index (χ0v) is 12.4. The van der Waals surface area contributed by atoms with E-state index in [-0.39, 0.29) is 6.54 Å². The molecular formula is C14H26F3N3. The molecule has 0 amide bonds. The highest BCUT2D eigenvalue weighted by Crippen LogP contribution is 2.28. The number of rotatable bonds is 3. The third-order valence-electron chi connectivity index (χ3n) is 4.60. The minimum absolute atomic E-state index is 0.0361. The van der Waals surface area contributed by atoms with Gasteiger partial charge in [-0.15, -0.1) is 0 Å². The maximum atomic E-state index is 13.0. The topological polar surface area (TPSA) is 18.5 Å². The van der Waals surface area contributed by atoms with E-state index < -0.39 is 12.2 Å². The van der Waals surface area contributed by atoms with Gasteiger partial charge in [-0.3, -0.25) is 4.90 Å². The summed E-state index contributed by atoms with van der Waals surface area (Å²) >= 11 is 0. The maximum Gasteiger partial charge on any atom is 0.405 e. The van der Waals surface area contributed by atoms with Crippen LogP contribution in [0.3, 0.4) is 0 Å². The minimum Gasteiger partial charge on any atom is -0.314 e. The van der Waals surface area contributed by atoms with Crippen molar-refractivity contribution in [2.75, 3.05) is 39.3 Å². The van der Waals surface area contributed by atoms with Crippen LogP contribution in [0.25, 0.3) is 0 Å². The second-order valence-electron chi connectivity index (χ2n) is 6.33. The first-order valence-corrected chi connectivity index (χ1v) is 7.63. The van der Waals surface area contributed by atoms with Gasteiger partial charge in [0.1, 0.15) is 6.04 Å². The van der Waals surface area contributed by atoms with Gasteiger partial charge in [0.2, 0.25) is 0 Å². The zero-order chi connectivity index (χ0) is 14.8. The van der Waals surface area contributed by atoms with E-state index in [0.717, 1.165) is 25.9 Å². The van der Waals surface area contributed by atoms with Crippen LogP contribution < -0.4 is 5.32 Å². The lowest BCUT2D eigenvalue weighted by atomic mass is 9.94. The van der Waals surface area contributed by atoms with Gasteiger partial charge in [0, 0.05) is 32.2 Å². The fourth-order valence-electron chi connectivity index (χ4n) is 3.27. The number of likely N-dealkylation sites (tertiary alicyclic amines) is 1. The van der Waals surface area contributed by atoms with E-state index in [1.807, 2.05) is 0 Å². The molecule has 0 aliphatic carbocycles. The van der Waals surface area contributed by atoms with Crippen LogP contribution in [0.15, 0.2) is 0 Å². The van der Waals surface area contributed by atoms with E-state index in [1.165, 1.54) is 0 Å². The number of nitrogens with one attached hydrogen (secondary N) is 1. The lowest BCUT2D eigenvalue weighted by Crippen LogP contribution is -2.59. The third-order valence-corrected chi connectivity index (χ3v) is 4.60. The van der Waals surface area contributed by atoms with E-state index in [0.29, 0.717) is 31.6 Å². The number of piperazine rings is 1. The number of alkyl halides is 3. The molecule has 0 aromatic heterocycles. The first-order valence-electron chi connectivity index (χ1n) is 7.63. The second-order valence-corrected chi connectivity index (χ2v) is 6.33. The molecule has 1 atom stereocenters. The molecule has 0 spiro atoms. The fraction of sp³-hybridized carbons (Fsp3) is 1.00. The molecule has 0 aromatic rings. The number of hydrogen-bond donors (Lipinski definition) is 1. The lowest BCUT2D eigenvalue weighted by Gasteiger charge is -2.41. The smallest absolute Gasteiger partial charge is 0.314 e. The van der Waals surface area contributed by atoms with Gasteiger partial charge in [0.15, 0.2) is 0 Å². The number of hydrogen-bond acceptors (Lipinski definition) is 3. The number of piperidine rings is 1. The van der Waals surface area contributed by atoms with Crippen molar-refractivity contribution in [1.29, 1.82) is 0 Å². The molecule has 0 radical (unpaired) electrons. The Bertz CT molecular complexity index is 299. The molecule has 2 heterocycles. The average molecular weight is 293 g/mol. The molecule has 2 fully saturated rings. The summed E-state index contributed by atoms with van der Waals surface area (Å²) in [4.78, 5) is 4.06. The van der Waals surface area contributed by atoms with Crippen molar-refractivity contribution in [3.05, 3.63) is 0 Å². The Morgan fingerprint density at radius 2 is 1.80 bits per heavy atom. The summed E-state index contributed by atoms with van der Waals surface area (Å²) in [5, 5.41) is 2.86. The predicted molar refractivity (Wildman–Crippen MR) is 73.7 cm³/mol. The summed E-state index contributed by atoms with van der Waals surface area (Å²) in [5.41, 5.74) is 0. The second kappa shape index (κ2) is 6.62. The minimum atomic E-state index is -4.12. The van der Waals surface area contributed by atoms with E-state index in [1.54, 1.807) is 4.90 Å². The molecule has 0 saturated carbocycles. The van der Waals surface area contributed by atoms with Gasteiger partial charge in [0.05, 0.1) is 0 Å². The third kappa shape index (κ3) is 4.09.